The first kappa shape index (κ1) is 14.8. The summed E-state index contributed by atoms with van der Waals surface area (Å²) in [6, 6.07) is 0.300. The van der Waals surface area contributed by atoms with E-state index in [1.807, 2.05) is 6.92 Å². The van der Waals surface area contributed by atoms with E-state index >= 15 is 0 Å². The van der Waals surface area contributed by atoms with Crippen molar-refractivity contribution in [2.45, 2.75) is 64.5 Å². The average Bonchev–Trinajstić information content (AvgIpc) is 3.10. The molecule has 0 radical (unpaired) electrons. The summed E-state index contributed by atoms with van der Waals surface area (Å²) >= 11 is 0. The van der Waals surface area contributed by atoms with E-state index in [9.17, 15) is 9.59 Å². The Bertz CT molecular complexity index is 290. The highest BCUT2D eigenvalue weighted by molar-refractivity contribution is 5.76. The summed E-state index contributed by atoms with van der Waals surface area (Å²) in [7, 11) is 0. The van der Waals surface area contributed by atoms with E-state index in [1.165, 1.54) is 0 Å². The normalized spacial score (nSPS) is 16.1. The van der Waals surface area contributed by atoms with E-state index < -0.39 is 5.97 Å². The first-order valence-corrected chi connectivity index (χ1v) is 6.83. The van der Waals surface area contributed by atoms with E-state index in [4.69, 9.17) is 5.11 Å². The minimum absolute atomic E-state index is 0.0211. The summed E-state index contributed by atoms with van der Waals surface area (Å²) in [6.07, 6.45) is 5.20. The van der Waals surface area contributed by atoms with Crippen molar-refractivity contribution < 1.29 is 14.7 Å². The van der Waals surface area contributed by atoms with Crippen LogP contribution in [0.2, 0.25) is 0 Å². The molecule has 1 saturated carbocycles. The average molecular weight is 256 g/mol. The van der Waals surface area contributed by atoms with Gasteiger partial charge in [0, 0.05) is 18.6 Å². The number of rotatable bonds is 8. The molecule has 5 nitrogen and oxygen atoms in total. The van der Waals surface area contributed by atoms with Crippen LogP contribution in [0, 0.1) is 0 Å². The number of carbonyl (C=O) groups excluding carboxylic acids is 1. The molecule has 1 atom stereocenters. The number of aliphatic carboxylic acids is 1. The molecule has 1 aliphatic carbocycles. The number of carbonyl (C=O) groups is 2. The summed E-state index contributed by atoms with van der Waals surface area (Å²) in [5.41, 5.74) is 0. The molecule has 0 aromatic heterocycles. The van der Waals surface area contributed by atoms with Crippen LogP contribution in [0.15, 0.2) is 0 Å². The van der Waals surface area contributed by atoms with Crippen molar-refractivity contribution >= 4 is 12.0 Å². The van der Waals surface area contributed by atoms with Crippen LogP contribution < -0.4 is 5.32 Å². The third-order valence-electron chi connectivity index (χ3n) is 3.18. The quantitative estimate of drug-likeness (QED) is 0.699. The molecule has 0 aromatic rings. The monoisotopic (exact) mass is 256 g/mol. The summed E-state index contributed by atoms with van der Waals surface area (Å²) in [4.78, 5) is 24.3. The van der Waals surface area contributed by atoms with Crippen LogP contribution in [-0.4, -0.2) is 40.6 Å². The third-order valence-corrected chi connectivity index (χ3v) is 3.18. The lowest BCUT2D eigenvalue weighted by Crippen LogP contribution is -2.45. The van der Waals surface area contributed by atoms with Crippen molar-refractivity contribution in [3.63, 3.8) is 0 Å². The Morgan fingerprint density at radius 3 is 2.61 bits per heavy atom. The molecule has 0 heterocycles. The van der Waals surface area contributed by atoms with Gasteiger partial charge < -0.3 is 15.3 Å². The number of unbranched alkanes of at least 4 members (excludes halogenated alkanes) is 1. The Morgan fingerprint density at radius 1 is 1.44 bits per heavy atom. The number of hydrogen-bond acceptors (Lipinski definition) is 2. The maximum absolute atomic E-state index is 12.0. The number of hydrogen-bond donors (Lipinski definition) is 2. The standard InChI is InChI=1S/C13H24N2O3/c1-3-4-5-10(2)14-13(18)15(11-6-7-11)9-8-12(16)17/h10-11H,3-9H2,1-2H3,(H,14,18)(H,16,17). The highest BCUT2D eigenvalue weighted by Gasteiger charge is 2.32. The van der Waals surface area contributed by atoms with Gasteiger partial charge in [-0.25, -0.2) is 4.79 Å². The minimum Gasteiger partial charge on any atom is -0.481 e. The highest BCUT2D eigenvalue weighted by Crippen LogP contribution is 2.27. The Balaban J connectivity index is 2.36. The number of carboxylic acid groups (broad SMARTS) is 1. The Hall–Kier alpha value is -1.26. The van der Waals surface area contributed by atoms with Crippen molar-refractivity contribution in [1.29, 1.82) is 0 Å². The second-order valence-corrected chi connectivity index (χ2v) is 5.06. The van der Waals surface area contributed by atoms with E-state index in [0.717, 1.165) is 32.1 Å². The Labute approximate surface area is 109 Å². The van der Waals surface area contributed by atoms with Gasteiger partial charge in [0.15, 0.2) is 0 Å². The van der Waals surface area contributed by atoms with Crippen molar-refractivity contribution in [2.75, 3.05) is 6.54 Å². The van der Waals surface area contributed by atoms with Crippen molar-refractivity contribution in [3.05, 3.63) is 0 Å². The molecule has 1 unspecified atom stereocenters. The van der Waals surface area contributed by atoms with Gasteiger partial charge in [-0.15, -0.1) is 0 Å². The molecule has 1 fully saturated rings. The molecule has 2 amide bonds. The van der Waals surface area contributed by atoms with Crippen LogP contribution >= 0.6 is 0 Å². The second kappa shape index (κ2) is 7.24. The number of nitrogens with one attached hydrogen (secondary N) is 1. The summed E-state index contributed by atoms with van der Waals surface area (Å²) in [6.45, 7) is 4.43. The molecule has 18 heavy (non-hydrogen) atoms. The fourth-order valence-electron chi connectivity index (χ4n) is 1.93. The van der Waals surface area contributed by atoms with Gasteiger partial charge in [-0.1, -0.05) is 19.8 Å². The molecular weight excluding hydrogens is 232 g/mol. The van der Waals surface area contributed by atoms with Crippen LogP contribution in [0.5, 0.6) is 0 Å². The molecule has 0 spiro atoms. The van der Waals surface area contributed by atoms with Gasteiger partial charge in [0.2, 0.25) is 0 Å². The molecule has 2 N–H and O–H groups in total. The first-order chi connectivity index (χ1) is 8.54. The van der Waals surface area contributed by atoms with Crippen molar-refractivity contribution in [3.8, 4) is 0 Å². The van der Waals surface area contributed by atoms with Gasteiger partial charge >= 0.3 is 12.0 Å². The van der Waals surface area contributed by atoms with Gasteiger partial charge in [0.1, 0.15) is 0 Å². The molecule has 1 aliphatic rings. The van der Waals surface area contributed by atoms with Crippen LogP contribution in [0.25, 0.3) is 0 Å². The summed E-state index contributed by atoms with van der Waals surface area (Å²) in [5.74, 6) is -0.854. The topological polar surface area (TPSA) is 69.6 Å². The molecule has 0 bridgehead atoms. The summed E-state index contributed by atoms with van der Waals surface area (Å²) in [5, 5.41) is 11.6. The molecule has 104 valence electrons. The fraction of sp³-hybridized carbons (Fsp3) is 0.846. The van der Waals surface area contributed by atoms with Gasteiger partial charge in [-0.05, 0) is 26.2 Å². The SMILES string of the molecule is CCCCC(C)NC(=O)N(CCC(=O)O)C1CC1. The van der Waals surface area contributed by atoms with E-state index in [-0.39, 0.29) is 24.5 Å². The number of urea groups is 1. The summed E-state index contributed by atoms with van der Waals surface area (Å²) < 4.78 is 0. The largest absolute Gasteiger partial charge is 0.481 e. The van der Waals surface area contributed by atoms with Crippen LogP contribution in [0.4, 0.5) is 4.79 Å². The van der Waals surface area contributed by atoms with Crippen LogP contribution in [0.1, 0.15) is 52.4 Å². The zero-order valence-electron chi connectivity index (χ0n) is 11.3. The lowest BCUT2D eigenvalue weighted by atomic mass is 10.1. The maximum atomic E-state index is 12.0. The number of carboxylic acids is 1. The molecular formula is C13H24N2O3. The zero-order chi connectivity index (χ0) is 13.5. The smallest absolute Gasteiger partial charge is 0.317 e. The van der Waals surface area contributed by atoms with E-state index in [2.05, 4.69) is 12.2 Å². The van der Waals surface area contributed by atoms with Gasteiger partial charge in [-0.3, -0.25) is 4.79 Å². The number of amides is 2. The van der Waals surface area contributed by atoms with Gasteiger partial charge in [0.05, 0.1) is 6.42 Å². The minimum atomic E-state index is -0.854. The van der Waals surface area contributed by atoms with E-state index in [0.29, 0.717) is 6.54 Å². The second-order valence-electron chi connectivity index (χ2n) is 5.06. The molecule has 0 aromatic carbocycles. The maximum Gasteiger partial charge on any atom is 0.317 e. The van der Waals surface area contributed by atoms with Crippen molar-refractivity contribution in [1.82, 2.24) is 10.2 Å². The zero-order valence-corrected chi connectivity index (χ0v) is 11.3. The first-order valence-electron chi connectivity index (χ1n) is 6.83. The van der Waals surface area contributed by atoms with Gasteiger partial charge in [0.25, 0.3) is 0 Å². The van der Waals surface area contributed by atoms with Gasteiger partial charge in [-0.2, -0.15) is 0 Å². The van der Waals surface area contributed by atoms with Crippen LogP contribution in [0.3, 0.4) is 0 Å². The highest BCUT2D eigenvalue weighted by atomic mass is 16.4. The lowest BCUT2D eigenvalue weighted by Gasteiger charge is -2.24. The number of nitrogens with zero attached hydrogens (tertiary/aromatic N) is 1. The lowest BCUT2D eigenvalue weighted by molar-refractivity contribution is -0.137. The Morgan fingerprint density at radius 2 is 2.11 bits per heavy atom. The van der Waals surface area contributed by atoms with Crippen LogP contribution in [-0.2, 0) is 4.79 Å². The van der Waals surface area contributed by atoms with E-state index in [1.54, 1.807) is 4.90 Å². The van der Waals surface area contributed by atoms with Crippen molar-refractivity contribution in [2.24, 2.45) is 0 Å². The molecule has 1 rings (SSSR count). The predicted octanol–water partition coefficient (Wildman–Crippen LogP) is 2.21. The Kier molecular flexibility index (Phi) is 5.95. The predicted molar refractivity (Wildman–Crippen MR) is 69.5 cm³/mol. The molecule has 0 aliphatic heterocycles. The fourth-order valence-corrected chi connectivity index (χ4v) is 1.93. The third kappa shape index (κ3) is 5.38. The molecule has 0 saturated heterocycles. The molecule has 5 heteroatoms.